The topological polar surface area (TPSA) is 59.5 Å². The van der Waals surface area contributed by atoms with Crippen LogP contribution in [0.25, 0.3) is 0 Å². The zero-order valence-electron chi connectivity index (χ0n) is 14.0. The van der Waals surface area contributed by atoms with E-state index in [2.05, 4.69) is 4.98 Å². The van der Waals surface area contributed by atoms with Crippen LogP contribution in [0, 0.1) is 6.92 Å². The first-order valence-corrected chi connectivity index (χ1v) is 7.53. The summed E-state index contributed by atoms with van der Waals surface area (Å²) < 4.78 is 44.7. The molecule has 0 N–H and O–H groups in total. The second kappa shape index (κ2) is 6.07. The molecule has 1 aliphatic heterocycles. The van der Waals surface area contributed by atoms with E-state index in [9.17, 15) is 22.8 Å². The molecule has 24 heavy (non-hydrogen) atoms. The van der Waals surface area contributed by atoms with Crippen LogP contribution in [0.3, 0.4) is 0 Å². The molecule has 0 bridgehead atoms. The first kappa shape index (κ1) is 18.2. The summed E-state index contributed by atoms with van der Waals surface area (Å²) in [5, 5.41) is 0. The molecule has 0 saturated heterocycles. The highest BCUT2D eigenvalue weighted by molar-refractivity contribution is 6.04. The van der Waals surface area contributed by atoms with E-state index in [4.69, 9.17) is 4.74 Å². The number of hydrogen-bond donors (Lipinski definition) is 0. The number of hydrogen-bond acceptors (Lipinski definition) is 4. The summed E-state index contributed by atoms with van der Waals surface area (Å²) in [6.45, 7) is 6.25. The third-order valence-electron chi connectivity index (χ3n) is 3.45. The Bertz CT molecular complexity index is 678. The molecular weight excluding hydrogens is 325 g/mol. The monoisotopic (exact) mass is 344 g/mol. The van der Waals surface area contributed by atoms with Crippen LogP contribution in [0.4, 0.5) is 23.7 Å². The van der Waals surface area contributed by atoms with Crippen molar-refractivity contribution < 1.29 is 27.5 Å². The van der Waals surface area contributed by atoms with Gasteiger partial charge in [0.15, 0.2) is 5.78 Å². The number of Topliss-reactive ketones (excluding diaryl/α,β-unsaturated/α-hetero) is 1. The number of ether oxygens (including phenoxy) is 1. The number of alkyl halides is 3. The maximum atomic E-state index is 13.2. The fourth-order valence-corrected chi connectivity index (χ4v) is 2.44. The maximum absolute atomic E-state index is 13.2. The van der Waals surface area contributed by atoms with Crippen molar-refractivity contribution in [2.75, 3.05) is 11.4 Å². The number of pyridine rings is 1. The molecule has 0 saturated carbocycles. The van der Waals surface area contributed by atoms with Gasteiger partial charge in [0.25, 0.3) is 0 Å². The lowest BCUT2D eigenvalue weighted by atomic mass is 10.1. The fraction of sp³-hybridized carbons (Fsp3) is 0.562. The molecule has 0 fully saturated rings. The Kier molecular flexibility index (Phi) is 4.61. The number of carbonyl (C=O) groups is 2. The maximum Gasteiger partial charge on any atom is 0.418 e. The van der Waals surface area contributed by atoms with Crippen LogP contribution < -0.4 is 4.90 Å². The number of nitrogens with zero attached hydrogens (tertiary/aromatic N) is 2. The molecule has 132 valence electrons. The SMILES string of the molecule is Cc1nc2c(cc1C(F)(F)F)N(C(=O)OC(C)(C)C)CCCC2=O. The molecule has 2 rings (SSSR count). The van der Waals surface area contributed by atoms with Crippen molar-refractivity contribution in [3.05, 3.63) is 23.0 Å². The van der Waals surface area contributed by atoms with Crippen molar-refractivity contribution >= 4 is 17.6 Å². The van der Waals surface area contributed by atoms with E-state index >= 15 is 0 Å². The van der Waals surface area contributed by atoms with Gasteiger partial charge in [0.1, 0.15) is 11.3 Å². The van der Waals surface area contributed by atoms with Crippen LogP contribution in [0.2, 0.25) is 0 Å². The van der Waals surface area contributed by atoms with Crippen molar-refractivity contribution in [1.29, 1.82) is 0 Å². The predicted molar refractivity (Wildman–Crippen MR) is 81.1 cm³/mol. The van der Waals surface area contributed by atoms with Gasteiger partial charge in [0.05, 0.1) is 16.9 Å². The lowest BCUT2D eigenvalue weighted by Crippen LogP contribution is -2.37. The summed E-state index contributed by atoms with van der Waals surface area (Å²) >= 11 is 0. The number of aryl methyl sites for hydroxylation is 1. The van der Waals surface area contributed by atoms with Crippen LogP contribution in [0.5, 0.6) is 0 Å². The first-order valence-electron chi connectivity index (χ1n) is 7.53. The van der Waals surface area contributed by atoms with Crippen molar-refractivity contribution in [2.24, 2.45) is 0 Å². The summed E-state index contributed by atoms with van der Waals surface area (Å²) in [4.78, 5) is 29.4. The van der Waals surface area contributed by atoms with Crippen LogP contribution >= 0.6 is 0 Å². The Labute approximate surface area is 137 Å². The summed E-state index contributed by atoms with van der Waals surface area (Å²) in [6, 6.07) is 0.810. The van der Waals surface area contributed by atoms with Gasteiger partial charge in [0.2, 0.25) is 0 Å². The van der Waals surface area contributed by atoms with Crippen LogP contribution in [0.15, 0.2) is 6.07 Å². The number of rotatable bonds is 0. The highest BCUT2D eigenvalue weighted by Crippen LogP contribution is 2.36. The van der Waals surface area contributed by atoms with Crippen molar-refractivity contribution in [2.45, 2.75) is 52.3 Å². The Morgan fingerprint density at radius 1 is 1.29 bits per heavy atom. The van der Waals surface area contributed by atoms with Gasteiger partial charge in [-0.2, -0.15) is 13.2 Å². The van der Waals surface area contributed by atoms with Crippen LogP contribution in [0.1, 0.15) is 55.4 Å². The number of ketones is 1. The van der Waals surface area contributed by atoms with Crippen LogP contribution in [-0.4, -0.2) is 29.0 Å². The molecule has 1 aromatic rings. The fourth-order valence-electron chi connectivity index (χ4n) is 2.44. The molecule has 2 heterocycles. The molecule has 0 aromatic carbocycles. The molecule has 1 aromatic heterocycles. The molecule has 0 atom stereocenters. The third-order valence-corrected chi connectivity index (χ3v) is 3.45. The number of carbonyl (C=O) groups excluding carboxylic acids is 2. The smallest absolute Gasteiger partial charge is 0.418 e. The van der Waals surface area contributed by atoms with Gasteiger partial charge in [-0.1, -0.05) is 0 Å². The van der Waals surface area contributed by atoms with E-state index in [1.165, 1.54) is 6.92 Å². The molecule has 1 amide bonds. The van der Waals surface area contributed by atoms with Gasteiger partial charge < -0.3 is 4.74 Å². The van der Waals surface area contributed by atoms with E-state index in [0.29, 0.717) is 6.42 Å². The van der Waals surface area contributed by atoms with E-state index in [0.717, 1.165) is 11.0 Å². The highest BCUT2D eigenvalue weighted by Gasteiger charge is 2.37. The van der Waals surface area contributed by atoms with E-state index < -0.39 is 23.4 Å². The van der Waals surface area contributed by atoms with Gasteiger partial charge in [-0.15, -0.1) is 0 Å². The Morgan fingerprint density at radius 3 is 2.46 bits per heavy atom. The van der Waals surface area contributed by atoms with Gasteiger partial charge >= 0.3 is 12.3 Å². The number of halogens is 3. The number of anilines is 1. The average Bonchev–Trinajstić information content (AvgIpc) is 2.54. The summed E-state index contributed by atoms with van der Waals surface area (Å²) in [5.41, 5.74) is -2.34. The third kappa shape index (κ3) is 3.85. The van der Waals surface area contributed by atoms with Gasteiger partial charge in [0, 0.05) is 13.0 Å². The van der Waals surface area contributed by atoms with E-state index in [1.54, 1.807) is 20.8 Å². The Hall–Kier alpha value is -2.12. The average molecular weight is 344 g/mol. The lowest BCUT2D eigenvalue weighted by Gasteiger charge is -2.27. The van der Waals surface area contributed by atoms with E-state index in [1.807, 2.05) is 0 Å². The molecule has 8 heteroatoms. The number of aromatic nitrogens is 1. The standard InChI is InChI=1S/C16H19F3N2O3/c1-9-10(16(17,18)19)8-11-13(20-9)12(22)6-5-7-21(11)14(23)24-15(2,3)4/h8H,5-7H2,1-4H3. The minimum Gasteiger partial charge on any atom is -0.443 e. The summed E-state index contributed by atoms with van der Waals surface area (Å²) in [6.07, 6.45) is -4.97. The molecule has 0 unspecified atom stereocenters. The number of amides is 1. The molecule has 1 aliphatic rings. The van der Waals surface area contributed by atoms with Gasteiger partial charge in [-0.25, -0.2) is 9.78 Å². The zero-order valence-corrected chi connectivity index (χ0v) is 14.0. The predicted octanol–water partition coefficient (Wildman–Crippen LogP) is 4.13. The lowest BCUT2D eigenvalue weighted by molar-refractivity contribution is -0.138. The van der Waals surface area contributed by atoms with Crippen molar-refractivity contribution in [3.63, 3.8) is 0 Å². The van der Waals surface area contributed by atoms with Gasteiger partial charge in [-0.3, -0.25) is 9.69 Å². The Balaban J connectivity index is 2.57. The quantitative estimate of drug-likeness (QED) is 0.710. The molecule has 5 nitrogen and oxygen atoms in total. The molecular formula is C16H19F3N2O3. The Morgan fingerprint density at radius 2 is 1.92 bits per heavy atom. The van der Waals surface area contributed by atoms with E-state index in [-0.39, 0.29) is 35.8 Å². The normalized spacial score (nSPS) is 15.8. The largest absolute Gasteiger partial charge is 0.443 e. The minimum absolute atomic E-state index is 0.0929. The second-order valence-electron chi connectivity index (χ2n) is 6.65. The second-order valence-corrected chi connectivity index (χ2v) is 6.65. The first-order chi connectivity index (χ1) is 10.9. The van der Waals surface area contributed by atoms with Crippen molar-refractivity contribution in [3.8, 4) is 0 Å². The highest BCUT2D eigenvalue weighted by atomic mass is 19.4. The molecule has 0 radical (unpaired) electrons. The minimum atomic E-state index is -4.62. The molecule has 0 aliphatic carbocycles. The van der Waals surface area contributed by atoms with Crippen molar-refractivity contribution in [1.82, 2.24) is 4.98 Å². The van der Waals surface area contributed by atoms with Crippen LogP contribution in [-0.2, 0) is 10.9 Å². The summed E-state index contributed by atoms with van der Waals surface area (Å²) in [5.74, 6) is -0.382. The summed E-state index contributed by atoms with van der Waals surface area (Å²) in [7, 11) is 0. The molecule has 0 spiro atoms. The van der Waals surface area contributed by atoms with Gasteiger partial charge in [-0.05, 0) is 40.2 Å². The number of fused-ring (bicyclic) bond motifs is 1. The zero-order chi connectivity index (χ0) is 18.3.